The fraction of sp³-hybridized carbons (Fsp3) is 0.812. The Morgan fingerprint density at radius 1 is 1.28 bits per heavy atom. The molecule has 18 heavy (non-hydrogen) atoms. The number of allylic oxidation sites excluding steroid dienone is 2. The van der Waals surface area contributed by atoms with E-state index in [1.807, 2.05) is 0 Å². The van der Waals surface area contributed by atoms with Crippen LogP contribution in [0.3, 0.4) is 0 Å². The summed E-state index contributed by atoms with van der Waals surface area (Å²) in [7, 11) is 1.45. The van der Waals surface area contributed by atoms with Crippen molar-refractivity contribution in [3.63, 3.8) is 0 Å². The first-order valence-corrected chi connectivity index (χ1v) is 7.44. The van der Waals surface area contributed by atoms with Gasteiger partial charge in [-0.15, -0.1) is 0 Å². The van der Waals surface area contributed by atoms with Crippen LogP contribution in [0.4, 0.5) is 0 Å². The van der Waals surface area contributed by atoms with Crippen LogP contribution in [0, 0.1) is 23.7 Å². The van der Waals surface area contributed by atoms with Crippen molar-refractivity contribution in [2.45, 2.75) is 51.9 Å². The Morgan fingerprint density at radius 3 is 2.72 bits per heavy atom. The molecule has 0 aromatic carbocycles. The minimum atomic E-state index is -0.0925. The zero-order valence-electron chi connectivity index (χ0n) is 11.7. The summed E-state index contributed by atoms with van der Waals surface area (Å²) in [6, 6.07) is 0. The number of methoxy groups -OCH3 is 1. The lowest BCUT2D eigenvalue weighted by Crippen LogP contribution is -2.18. The van der Waals surface area contributed by atoms with Crippen LogP contribution in [0.1, 0.15) is 51.9 Å². The minimum absolute atomic E-state index is 0.0925. The van der Waals surface area contributed by atoms with E-state index in [0.29, 0.717) is 6.42 Å². The minimum Gasteiger partial charge on any atom is -0.469 e. The summed E-state index contributed by atoms with van der Waals surface area (Å²) in [5.41, 5.74) is 0. The van der Waals surface area contributed by atoms with E-state index in [1.165, 1.54) is 32.8 Å². The molecule has 2 fully saturated rings. The van der Waals surface area contributed by atoms with E-state index in [0.717, 1.165) is 36.5 Å². The van der Waals surface area contributed by atoms with Gasteiger partial charge in [0.25, 0.3) is 0 Å². The Balaban J connectivity index is 1.61. The van der Waals surface area contributed by atoms with Gasteiger partial charge in [0, 0.05) is 6.42 Å². The Labute approximate surface area is 111 Å². The molecule has 2 rings (SSSR count). The smallest absolute Gasteiger partial charge is 0.305 e. The number of hydrogen-bond acceptors (Lipinski definition) is 2. The summed E-state index contributed by atoms with van der Waals surface area (Å²) < 4.78 is 4.62. The Hall–Kier alpha value is -0.790. The summed E-state index contributed by atoms with van der Waals surface area (Å²) in [6.45, 7) is 2.44. The van der Waals surface area contributed by atoms with Gasteiger partial charge < -0.3 is 4.74 Å². The molecule has 2 heteroatoms. The number of carbonyl (C=O) groups excluding carboxylic acids is 1. The van der Waals surface area contributed by atoms with Crippen molar-refractivity contribution in [2.24, 2.45) is 23.7 Å². The second-order valence-corrected chi connectivity index (χ2v) is 6.03. The molecular formula is C16H26O2. The third kappa shape index (κ3) is 3.15. The highest BCUT2D eigenvalue weighted by molar-refractivity contribution is 5.68. The standard InChI is InChI=1S/C16H26O2/c1-12-13-9-10-14(11-13)15(12)7-5-3-4-6-8-16(17)18-2/h3,5,12-15H,4,6-11H2,1-2H3/b5-3+. The first kappa shape index (κ1) is 13.6. The van der Waals surface area contributed by atoms with Crippen molar-refractivity contribution >= 4 is 5.97 Å². The monoisotopic (exact) mass is 250 g/mol. The van der Waals surface area contributed by atoms with E-state index < -0.39 is 0 Å². The van der Waals surface area contributed by atoms with Gasteiger partial charge in [0.05, 0.1) is 7.11 Å². The highest BCUT2D eigenvalue weighted by Crippen LogP contribution is 2.53. The van der Waals surface area contributed by atoms with Gasteiger partial charge in [-0.25, -0.2) is 0 Å². The highest BCUT2D eigenvalue weighted by Gasteiger charge is 2.44. The number of carbonyl (C=O) groups is 1. The zero-order chi connectivity index (χ0) is 13.0. The average Bonchev–Trinajstić information content (AvgIpc) is 2.95. The molecule has 102 valence electrons. The van der Waals surface area contributed by atoms with E-state index in [1.54, 1.807) is 0 Å². The quantitative estimate of drug-likeness (QED) is 0.405. The molecule has 0 aromatic rings. The lowest BCUT2D eigenvalue weighted by Gasteiger charge is -2.27. The molecule has 2 aliphatic carbocycles. The Kier molecular flexibility index (Phi) is 4.85. The predicted molar refractivity (Wildman–Crippen MR) is 73.1 cm³/mol. The van der Waals surface area contributed by atoms with Gasteiger partial charge in [0.1, 0.15) is 0 Å². The molecule has 2 saturated carbocycles. The number of hydrogen-bond donors (Lipinski definition) is 0. The third-order valence-electron chi connectivity index (χ3n) is 5.09. The summed E-state index contributed by atoms with van der Waals surface area (Å²) in [6.07, 6.45) is 12.7. The van der Waals surface area contributed by atoms with Gasteiger partial charge >= 0.3 is 5.97 Å². The van der Waals surface area contributed by atoms with Crippen molar-refractivity contribution in [3.05, 3.63) is 12.2 Å². The molecule has 0 heterocycles. The topological polar surface area (TPSA) is 26.3 Å². The number of unbranched alkanes of at least 4 members (excludes halogenated alkanes) is 1. The maximum Gasteiger partial charge on any atom is 0.305 e. The van der Waals surface area contributed by atoms with E-state index in [4.69, 9.17) is 0 Å². The van der Waals surface area contributed by atoms with Crippen LogP contribution in [-0.4, -0.2) is 13.1 Å². The number of rotatable bonds is 6. The van der Waals surface area contributed by atoms with Crippen molar-refractivity contribution < 1.29 is 9.53 Å². The molecule has 2 bridgehead atoms. The summed E-state index contributed by atoms with van der Waals surface area (Å²) in [5, 5.41) is 0. The first-order chi connectivity index (χ1) is 8.72. The third-order valence-corrected chi connectivity index (χ3v) is 5.09. The van der Waals surface area contributed by atoms with Gasteiger partial charge in [-0.3, -0.25) is 4.79 Å². The molecule has 0 aliphatic heterocycles. The molecular weight excluding hydrogens is 224 g/mol. The molecule has 4 atom stereocenters. The molecule has 0 amide bonds. The molecule has 0 saturated heterocycles. The summed E-state index contributed by atoms with van der Waals surface area (Å²) in [4.78, 5) is 10.9. The maximum absolute atomic E-state index is 10.9. The van der Waals surface area contributed by atoms with Crippen LogP contribution >= 0.6 is 0 Å². The van der Waals surface area contributed by atoms with Gasteiger partial charge in [-0.2, -0.15) is 0 Å². The van der Waals surface area contributed by atoms with E-state index in [-0.39, 0.29) is 5.97 Å². The molecule has 2 aliphatic rings. The van der Waals surface area contributed by atoms with Gasteiger partial charge in [0.15, 0.2) is 0 Å². The van der Waals surface area contributed by atoms with Gasteiger partial charge in [0.2, 0.25) is 0 Å². The van der Waals surface area contributed by atoms with Crippen LogP contribution in [0.15, 0.2) is 12.2 Å². The van der Waals surface area contributed by atoms with Crippen LogP contribution in [0.5, 0.6) is 0 Å². The fourth-order valence-corrected chi connectivity index (χ4v) is 3.94. The summed E-state index contributed by atoms with van der Waals surface area (Å²) >= 11 is 0. The van der Waals surface area contributed by atoms with Crippen molar-refractivity contribution in [2.75, 3.05) is 7.11 Å². The SMILES string of the molecule is COC(=O)CCC/C=C/CC1C2CCC(C2)C1C. The Morgan fingerprint density at radius 2 is 2.06 bits per heavy atom. The second kappa shape index (κ2) is 6.40. The van der Waals surface area contributed by atoms with Gasteiger partial charge in [-0.05, 0) is 62.2 Å². The zero-order valence-corrected chi connectivity index (χ0v) is 11.7. The summed E-state index contributed by atoms with van der Waals surface area (Å²) in [5.74, 6) is 3.80. The normalized spacial score (nSPS) is 34.3. The Bertz CT molecular complexity index is 306. The number of fused-ring (bicyclic) bond motifs is 2. The molecule has 0 spiro atoms. The van der Waals surface area contributed by atoms with E-state index in [2.05, 4.69) is 23.8 Å². The largest absolute Gasteiger partial charge is 0.469 e. The van der Waals surface area contributed by atoms with Crippen LogP contribution < -0.4 is 0 Å². The fourth-order valence-electron chi connectivity index (χ4n) is 3.94. The molecule has 0 N–H and O–H groups in total. The number of ether oxygens (including phenoxy) is 1. The first-order valence-electron chi connectivity index (χ1n) is 7.44. The van der Waals surface area contributed by atoms with Gasteiger partial charge in [-0.1, -0.05) is 19.1 Å². The van der Waals surface area contributed by atoms with Crippen LogP contribution in [-0.2, 0) is 9.53 Å². The molecule has 2 nitrogen and oxygen atoms in total. The highest BCUT2D eigenvalue weighted by atomic mass is 16.5. The average molecular weight is 250 g/mol. The second-order valence-electron chi connectivity index (χ2n) is 6.03. The van der Waals surface area contributed by atoms with Crippen molar-refractivity contribution in [1.29, 1.82) is 0 Å². The van der Waals surface area contributed by atoms with Crippen LogP contribution in [0.25, 0.3) is 0 Å². The molecule has 0 aromatic heterocycles. The lowest BCUT2D eigenvalue weighted by atomic mass is 9.78. The number of esters is 1. The van der Waals surface area contributed by atoms with E-state index in [9.17, 15) is 4.79 Å². The predicted octanol–water partition coefficient (Wildman–Crippen LogP) is 3.96. The van der Waals surface area contributed by atoms with E-state index >= 15 is 0 Å². The van der Waals surface area contributed by atoms with Crippen molar-refractivity contribution in [1.82, 2.24) is 0 Å². The lowest BCUT2D eigenvalue weighted by molar-refractivity contribution is -0.140. The molecule has 0 radical (unpaired) electrons. The maximum atomic E-state index is 10.9. The molecule has 4 unspecified atom stereocenters. The van der Waals surface area contributed by atoms with Crippen LogP contribution in [0.2, 0.25) is 0 Å². The van der Waals surface area contributed by atoms with Crippen molar-refractivity contribution in [3.8, 4) is 0 Å².